The number of hydrogen-bond acceptors (Lipinski definition) is 3. The van der Waals surface area contributed by atoms with E-state index in [1.54, 1.807) is 30.2 Å². The van der Waals surface area contributed by atoms with E-state index >= 15 is 0 Å². The van der Waals surface area contributed by atoms with Crippen molar-refractivity contribution in [3.05, 3.63) is 42.0 Å². The van der Waals surface area contributed by atoms with Crippen molar-refractivity contribution < 1.29 is 14.3 Å². The molecule has 1 heterocycles. The topological polar surface area (TPSA) is 55.1 Å². The third kappa shape index (κ3) is 2.47. The summed E-state index contributed by atoms with van der Waals surface area (Å²) in [5.74, 6) is -2.00. The van der Waals surface area contributed by atoms with Gasteiger partial charge in [0, 0.05) is 18.1 Å². The van der Waals surface area contributed by atoms with E-state index in [9.17, 15) is 9.18 Å². The van der Waals surface area contributed by atoms with Gasteiger partial charge < -0.3 is 5.11 Å². The zero-order chi connectivity index (χ0) is 12.4. The van der Waals surface area contributed by atoms with Gasteiger partial charge in [0.2, 0.25) is 0 Å². The Labute approximate surface area is 101 Å². The maximum Gasteiger partial charge on any atom is 0.339 e. The Balaban J connectivity index is 2.39. The molecule has 0 fully saturated rings. The van der Waals surface area contributed by atoms with Crippen molar-refractivity contribution >= 4 is 17.7 Å². The molecule has 88 valence electrons. The van der Waals surface area contributed by atoms with Crippen LogP contribution in [0.5, 0.6) is 0 Å². The monoisotopic (exact) mass is 252 g/mol. The lowest BCUT2D eigenvalue weighted by molar-refractivity contribution is 0.0688. The molecule has 17 heavy (non-hydrogen) atoms. The number of aromatic carboxylic acids is 1. The van der Waals surface area contributed by atoms with Gasteiger partial charge in [-0.1, -0.05) is 17.8 Å². The summed E-state index contributed by atoms with van der Waals surface area (Å²) in [6.45, 7) is 0. The summed E-state index contributed by atoms with van der Waals surface area (Å²) in [5, 5.41) is 12.9. The molecular formula is C11H9FN2O2S. The van der Waals surface area contributed by atoms with Crippen molar-refractivity contribution in [2.45, 2.75) is 9.79 Å². The van der Waals surface area contributed by atoms with Gasteiger partial charge >= 0.3 is 5.97 Å². The number of rotatable bonds is 3. The average Bonchev–Trinajstić information content (AvgIpc) is 2.63. The van der Waals surface area contributed by atoms with Crippen molar-refractivity contribution in [1.82, 2.24) is 9.78 Å². The van der Waals surface area contributed by atoms with Crippen LogP contribution in [0.1, 0.15) is 10.4 Å². The van der Waals surface area contributed by atoms with Gasteiger partial charge in [-0.15, -0.1) is 0 Å². The van der Waals surface area contributed by atoms with E-state index in [4.69, 9.17) is 5.11 Å². The van der Waals surface area contributed by atoms with Crippen LogP contribution in [0, 0.1) is 5.82 Å². The van der Waals surface area contributed by atoms with Gasteiger partial charge in [0.15, 0.2) is 0 Å². The number of carboxylic acids is 1. The third-order valence-electron chi connectivity index (χ3n) is 2.10. The summed E-state index contributed by atoms with van der Waals surface area (Å²) in [4.78, 5) is 12.1. The fraction of sp³-hybridized carbons (Fsp3) is 0.0909. The number of benzene rings is 1. The first-order valence-corrected chi connectivity index (χ1v) is 5.58. The van der Waals surface area contributed by atoms with Crippen molar-refractivity contribution in [3.63, 3.8) is 0 Å². The van der Waals surface area contributed by atoms with Crippen LogP contribution in [0.15, 0.2) is 40.4 Å². The van der Waals surface area contributed by atoms with Gasteiger partial charge in [-0.2, -0.15) is 5.10 Å². The lowest BCUT2D eigenvalue weighted by Crippen LogP contribution is -2.02. The molecule has 1 aromatic heterocycles. The first-order chi connectivity index (χ1) is 8.08. The number of aryl methyl sites for hydroxylation is 1. The molecule has 0 saturated carbocycles. The normalized spacial score (nSPS) is 10.5. The Hall–Kier alpha value is -1.82. The predicted molar refractivity (Wildman–Crippen MR) is 60.7 cm³/mol. The maximum atomic E-state index is 13.4. The van der Waals surface area contributed by atoms with E-state index < -0.39 is 11.8 Å². The summed E-state index contributed by atoms with van der Waals surface area (Å²) in [6.07, 6.45) is 3.34. The van der Waals surface area contributed by atoms with E-state index in [1.165, 1.54) is 17.8 Å². The quantitative estimate of drug-likeness (QED) is 0.911. The fourth-order valence-electron chi connectivity index (χ4n) is 1.38. The molecule has 0 aliphatic rings. The van der Waals surface area contributed by atoms with Crippen LogP contribution in [0.4, 0.5) is 4.39 Å². The second-order valence-electron chi connectivity index (χ2n) is 3.37. The van der Waals surface area contributed by atoms with Crippen molar-refractivity contribution in [2.24, 2.45) is 7.05 Å². The van der Waals surface area contributed by atoms with E-state index in [0.29, 0.717) is 4.90 Å². The lowest BCUT2D eigenvalue weighted by Gasteiger charge is -2.04. The smallest absolute Gasteiger partial charge is 0.339 e. The van der Waals surface area contributed by atoms with Crippen LogP contribution in [-0.4, -0.2) is 20.9 Å². The van der Waals surface area contributed by atoms with Crippen LogP contribution >= 0.6 is 11.8 Å². The van der Waals surface area contributed by atoms with E-state index in [2.05, 4.69) is 5.10 Å². The maximum absolute atomic E-state index is 13.4. The Kier molecular flexibility index (Phi) is 3.14. The molecule has 0 saturated heterocycles. The molecule has 0 aliphatic carbocycles. The minimum absolute atomic E-state index is 0.304. The van der Waals surface area contributed by atoms with Crippen LogP contribution in [-0.2, 0) is 7.05 Å². The molecule has 0 unspecified atom stereocenters. The lowest BCUT2D eigenvalue weighted by atomic mass is 10.2. The summed E-state index contributed by atoms with van der Waals surface area (Å²) < 4.78 is 15.0. The highest BCUT2D eigenvalue weighted by Gasteiger charge is 2.16. The molecule has 0 radical (unpaired) electrons. The molecule has 0 amide bonds. The molecule has 4 nitrogen and oxygen atoms in total. The number of nitrogens with zero attached hydrogens (tertiary/aromatic N) is 2. The standard InChI is InChI=1S/C11H9FN2O2S/c1-14-6-7(5-13-14)17-9-4-2-3-8(12)10(9)11(15)16/h2-6H,1H3,(H,15,16). The minimum atomic E-state index is -1.27. The SMILES string of the molecule is Cn1cc(Sc2cccc(F)c2C(=O)O)cn1. The van der Waals surface area contributed by atoms with E-state index in [0.717, 1.165) is 11.0 Å². The van der Waals surface area contributed by atoms with Gasteiger partial charge in [0.1, 0.15) is 11.4 Å². The zero-order valence-electron chi connectivity index (χ0n) is 8.92. The molecule has 6 heteroatoms. The fourth-order valence-corrected chi connectivity index (χ4v) is 2.37. The van der Waals surface area contributed by atoms with Gasteiger partial charge in [-0.05, 0) is 12.1 Å². The summed E-state index contributed by atoms with van der Waals surface area (Å²) in [7, 11) is 1.76. The van der Waals surface area contributed by atoms with E-state index in [-0.39, 0.29) is 5.56 Å². The molecule has 2 rings (SSSR count). The highest BCUT2D eigenvalue weighted by atomic mass is 32.2. The third-order valence-corrected chi connectivity index (χ3v) is 3.10. The molecule has 1 N–H and O–H groups in total. The molecule has 0 aliphatic heterocycles. The number of halogens is 1. The Bertz CT molecular complexity index is 568. The van der Waals surface area contributed by atoms with Gasteiger partial charge in [0.05, 0.1) is 11.1 Å². The second kappa shape index (κ2) is 4.58. The van der Waals surface area contributed by atoms with Gasteiger partial charge in [0.25, 0.3) is 0 Å². The first-order valence-electron chi connectivity index (χ1n) is 4.76. The predicted octanol–water partition coefficient (Wildman–Crippen LogP) is 2.41. The Morgan fingerprint density at radius 1 is 1.53 bits per heavy atom. The largest absolute Gasteiger partial charge is 0.478 e. The van der Waals surface area contributed by atoms with Crippen LogP contribution in [0.25, 0.3) is 0 Å². The molecule has 0 spiro atoms. The first kappa shape index (κ1) is 11.7. The summed E-state index contributed by atoms with van der Waals surface area (Å²) in [5.41, 5.74) is -0.304. The number of carboxylic acid groups (broad SMARTS) is 1. The van der Waals surface area contributed by atoms with Crippen molar-refractivity contribution in [3.8, 4) is 0 Å². The highest BCUT2D eigenvalue weighted by Crippen LogP contribution is 2.31. The Morgan fingerprint density at radius 3 is 2.88 bits per heavy atom. The number of carbonyl (C=O) groups is 1. The molecule has 1 aromatic carbocycles. The van der Waals surface area contributed by atoms with Gasteiger partial charge in [-0.3, -0.25) is 4.68 Å². The molecule has 0 atom stereocenters. The van der Waals surface area contributed by atoms with Crippen LogP contribution in [0.3, 0.4) is 0 Å². The van der Waals surface area contributed by atoms with E-state index in [1.807, 2.05) is 0 Å². The number of aromatic nitrogens is 2. The Morgan fingerprint density at radius 2 is 2.29 bits per heavy atom. The molecule has 0 bridgehead atoms. The minimum Gasteiger partial charge on any atom is -0.478 e. The van der Waals surface area contributed by atoms with Crippen molar-refractivity contribution in [1.29, 1.82) is 0 Å². The number of hydrogen-bond donors (Lipinski definition) is 1. The second-order valence-corrected chi connectivity index (χ2v) is 4.49. The average molecular weight is 252 g/mol. The molecular weight excluding hydrogens is 243 g/mol. The van der Waals surface area contributed by atoms with Crippen LogP contribution in [0.2, 0.25) is 0 Å². The molecule has 2 aromatic rings. The van der Waals surface area contributed by atoms with Crippen molar-refractivity contribution in [2.75, 3.05) is 0 Å². The van der Waals surface area contributed by atoms with Gasteiger partial charge in [-0.25, -0.2) is 9.18 Å². The summed E-state index contributed by atoms with van der Waals surface area (Å²) >= 11 is 1.17. The highest BCUT2D eigenvalue weighted by molar-refractivity contribution is 7.99. The van der Waals surface area contributed by atoms with Crippen LogP contribution < -0.4 is 0 Å². The summed E-state index contributed by atoms with van der Waals surface area (Å²) in [6, 6.07) is 4.20. The zero-order valence-corrected chi connectivity index (χ0v) is 9.74.